The molecule has 5 heteroatoms. The van der Waals surface area contributed by atoms with Gasteiger partial charge in [-0.1, -0.05) is 6.07 Å². The van der Waals surface area contributed by atoms with Gasteiger partial charge in [0, 0.05) is 13.0 Å². The Morgan fingerprint density at radius 2 is 2.29 bits per heavy atom. The lowest BCUT2D eigenvalue weighted by atomic mass is 10.2. The van der Waals surface area contributed by atoms with E-state index in [9.17, 15) is 9.18 Å². The zero-order valence-electron chi connectivity index (χ0n) is 9.70. The maximum atomic E-state index is 13.3. The molecule has 1 aromatic rings. The summed E-state index contributed by atoms with van der Waals surface area (Å²) in [6.45, 7) is 1.11. The van der Waals surface area contributed by atoms with Crippen LogP contribution >= 0.6 is 0 Å². The molecule has 0 aliphatic carbocycles. The Bertz CT molecular complexity index is 382. The first kappa shape index (κ1) is 13.4. The maximum absolute atomic E-state index is 13.3. The van der Waals surface area contributed by atoms with Crippen molar-refractivity contribution in [2.75, 3.05) is 13.7 Å². The van der Waals surface area contributed by atoms with Gasteiger partial charge in [-0.25, -0.2) is 4.39 Å². The third-order valence-electron chi connectivity index (χ3n) is 2.29. The van der Waals surface area contributed by atoms with E-state index in [0.717, 1.165) is 5.56 Å². The smallest absolute Gasteiger partial charge is 0.303 e. The molecule has 0 radical (unpaired) electrons. The van der Waals surface area contributed by atoms with E-state index >= 15 is 0 Å². The van der Waals surface area contributed by atoms with Crippen molar-refractivity contribution in [2.45, 2.75) is 19.4 Å². The fourth-order valence-electron chi connectivity index (χ4n) is 1.42. The van der Waals surface area contributed by atoms with Gasteiger partial charge in [-0.05, 0) is 30.7 Å². The van der Waals surface area contributed by atoms with Crippen LogP contribution < -0.4 is 10.1 Å². The molecule has 0 aliphatic heterocycles. The van der Waals surface area contributed by atoms with Crippen molar-refractivity contribution >= 4 is 5.97 Å². The van der Waals surface area contributed by atoms with Crippen molar-refractivity contribution in [3.8, 4) is 5.75 Å². The second-order valence-electron chi connectivity index (χ2n) is 3.64. The van der Waals surface area contributed by atoms with Crippen LogP contribution in [-0.2, 0) is 11.3 Å². The van der Waals surface area contributed by atoms with E-state index < -0.39 is 11.8 Å². The van der Waals surface area contributed by atoms with Crippen molar-refractivity contribution < 1.29 is 19.0 Å². The topological polar surface area (TPSA) is 58.6 Å². The first-order valence-electron chi connectivity index (χ1n) is 5.38. The van der Waals surface area contributed by atoms with Crippen molar-refractivity contribution in [1.82, 2.24) is 5.32 Å². The lowest BCUT2D eigenvalue weighted by molar-refractivity contribution is -0.137. The van der Waals surface area contributed by atoms with Crippen LogP contribution in [0.1, 0.15) is 18.4 Å². The minimum absolute atomic E-state index is 0.143. The Balaban J connectivity index is 2.32. The predicted molar refractivity (Wildman–Crippen MR) is 61.5 cm³/mol. The van der Waals surface area contributed by atoms with Gasteiger partial charge in [-0.3, -0.25) is 4.79 Å². The monoisotopic (exact) mass is 241 g/mol. The average Bonchev–Trinajstić information content (AvgIpc) is 2.28. The molecule has 0 saturated carbocycles. The second-order valence-corrected chi connectivity index (χ2v) is 3.64. The van der Waals surface area contributed by atoms with E-state index in [1.165, 1.54) is 13.2 Å². The van der Waals surface area contributed by atoms with E-state index in [2.05, 4.69) is 5.32 Å². The predicted octanol–water partition coefficient (Wildman–Crippen LogP) is 1.79. The molecular formula is C12H16FNO3. The van der Waals surface area contributed by atoms with Crippen molar-refractivity contribution in [2.24, 2.45) is 0 Å². The molecule has 0 aliphatic rings. The first-order valence-corrected chi connectivity index (χ1v) is 5.38. The van der Waals surface area contributed by atoms with Gasteiger partial charge in [0.25, 0.3) is 0 Å². The maximum Gasteiger partial charge on any atom is 0.303 e. The normalized spacial score (nSPS) is 10.2. The molecule has 0 spiro atoms. The third kappa shape index (κ3) is 4.82. The summed E-state index contributed by atoms with van der Waals surface area (Å²) in [5.74, 6) is -0.973. The fraction of sp³-hybridized carbons (Fsp3) is 0.417. The summed E-state index contributed by atoms with van der Waals surface area (Å²) in [4.78, 5) is 10.3. The molecule has 2 N–H and O–H groups in total. The Labute approximate surface area is 99.4 Å². The number of aliphatic carboxylic acids is 1. The molecule has 17 heavy (non-hydrogen) atoms. The largest absolute Gasteiger partial charge is 0.494 e. The zero-order valence-corrected chi connectivity index (χ0v) is 9.70. The summed E-state index contributed by atoms with van der Waals surface area (Å²) in [6.07, 6.45) is 0.706. The highest BCUT2D eigenvalue weighted by molar-refractivity contribution is 5.66. The minimum atomic E-state index is -0.803. The van der Waals surface area contributed by atoms with Crippen molar-refractivity contribution in [3.63, 3.8) is 0 Å². The second kappa shape index (κ2) is 6.85. The van der Waals surface area contributed by atoms with Crippen LogP contribution in [0, 0.1) is 5.82 Å². The molecule has 0 atom stereocenters. The van der Waals surface area contributed by atoms with Crippen molar-refractivity contribution in [1.29, 1.82) is 0 Å². The molecule has 0 aromatic heterocycles. The highest BCUT2D eigenvalue weighted by Gasteiger charge is 2.03. The van der Waals surface area contributed by atoms with Gasteiger partial charge in [0.15, 0.2) is 11.6 Å². The van der Waals surface area contributed by atoms with Gasteiger partial charge in [-0.15, -0.1) is 0 Å². The van der Waals surface area contributed by atoms with E-state index in [1.807, 2.05) is 0 Å². The van der Waals surface area contributed by atoms with Crippen LogP contribution in [0.25, 0.3) is 0 Å². The van der Waals surface area contributed by atoms with Gasteiger partial charge in [0.05, 0.1) is 7.11 Å². The minimum Gasteiger partial charge on any atom is -0.494 e. The number of halogens is 1. The molecule has 0 bridgehead atoms. The number of nitrogens with one attached hydrogen (secondary N) is 1. The number of ether oxygens (including phenoxy) is 1. The quantitative estimate of drug-likeness (QED) is 0.714. The molecule has 0 amide bonds. The summed E-state index contributed by atoms with van der Waals surface area (Å²) in [6, 6.07) is 4.75. The number of methoxy groups -OCH3 is 1. The number of carbonyl (C=O) groups is 1. The highest BCUT2D eigenvalue weighted by atomic mass is 19.1. The van der Waals surface area contributed by atoms with Crippen LogP contribution in [0.3, 0.4) is 0 Å². The number of carboxylic acids is 1. The molecule has 0 unspecified atom stereocenters. The number of rotatable bonds is 7. The molecule has 0 fully saturated rings. The Morgan fingerprint density at radius 3 is 2.88 bits per heavy atom. The molecule has 1 rings (SSSR count). The number of hydrogen-bond donors (Lipinski definition) is 2. The molecule has 0 saturated heterocycles. The summed E-state index contributed by atoms with van der Waals surface area (Å²) in [5, 5.41) is 11.5. The van der Waals surface area contributed by atoms with Crippen LogP contribution in [0.4, 0.5) is 4.39 Å². The molecule has 1 aromatic carbocycles. The summed E-state index contributed by atoms with van der Waals surface area (Å²) >= 11 is 0. The zero-order chi connectivity index (χ0) is 12.7. The fourth-order valence-corrected chi connectivity index (χ4v) is 1.42. The number of benzene rings is 1. The first-order chi connectivity index (χ1) is 8.13. The summed E-state index contributed by atoms with van der Waals surface area (Å²) in [5.41, 5.74) is 0.804. The van der Waals surface area contributed by atoms with Crippen molar-refractivity contribution in [3.05, 3.63) is 29.6 Å². The summed E-state index contributed by atoms with van der Waals surface area (Å²) < 4.78 is 18.1. The van der Waals surface area contributed by atoms with Gasteiger partial charge in [0.2, 0.25) is 0 Å². The standard InChI is InChI=1S/C12H16FNO3/c1-17-11-5-4-9(7-10(11)13)8-14-6-2-3-12(15)16/h4-5,7,14H,2-3,6,8H2,1H3,(H,15,16). The molecule has 0 heterocycles. The van der Waals surface area contributed by atoms with Crippen LogP contribution in [0.5, 0.6) is 5.75 Å². The number of hydrogen-bond acceptors (Lipinski definition) is 3. The van der Waals surface area contributed by atoms with Crippen LogP contribution in [-0.4, -0.2) is 24.7 Å². The molecular weight excluding hydrogens is 225 g/mol. The average molecular weight is 241 g/mol. The van der Waals surface area contributed by atoms with E-state index in [1.54, 1.807) is 12.1 Å². The Morgan fingerprint density at radius 1 is 1.53 bits per heavy atom. The SMILES string of the molecule is COc1ccc(CNCCCC(=O)O)cc1F. The molecule has 94 valence electrons. The van der Waals surface area contributed by atoms with Crippen LogP contribution in [0.2, 0.25) is 0 Å². The van der Waals surface area contributed by atoms with Gasteiger partial charge >= 0.3 is 5.97 Å². The van der Waals surface area contributed by atoms with Gasteiger partial charge in [-0.2, -0.15) is 0 Å². The van der Waals surface area contributed by atoms with Gasteiger partial charge < -0.3 is 15.2 Å². The third-order valence-corrected chi connectivity index (χ3v) is 2.29. The van der Waals surface area contributed by atoms with Gasteiger partial charge in [0.1, 0.15) is 0 Å². The lowest BCUT2D eigenvalue weighted by Crippen LogP contribution is -2.15. The van der Waals surface area contributed by atoms with Crippen LogP contribution in [0.15, 0.2) is 18.2 Å². The van der Waals surface area contributed by atoms with E-state index in [4.69, 9.17) is 9.84 Å². The highest BCUT2D eigenvalue weighted by Crippen LogP contribution is 2.17. The Kier molecular flexibility index (Phi) is 5.42. The lowest BCUT2D eigenvalue weighted by Gasteiger charge is -2.06. The molecule has 4 nitrogen and oxygen atoms in total. The summed E-state index contributed by atoms with van der Waals surface area (Å²) in [7, 11) is 1.42. The van der Waals surface area contributed by atoms with E-state index in [0.29, 0.717) is 19.5 Å². The number of carboxylic acid groups (broad SMARTS) is 1. The van der Waals surface area contributed by atoms with E-state index in [-0.39, 0.29) is 12.2 Å². The Hall–Kier alpha value is -1.62.